The van der Waals surface area contributed by atoms with Crippen molar-refractivity contribution in [2.24, 2.45) is 5.14 Å². The summed E-state index contributed by atoms with van der Waals surface area (Å²) >= 11 is 0. The van der Waals surface area contributed by atoms with E-state index >= 15 is 0 Å². The van der Waals surface area contributed by atoms with Gasteiger partial charge in [0, 0.05) is 30.8 Å². The summed E-state index contributed by atoms with van der Waals surface area (Å²) in [5.74, 6) is 0.233. The van der Waals surface area contributed by atoms with Gasteiger partial charge < -0.3 is 15.0 Å². The summed E-state index contributed by atoms with van der Waals surface area (Å²) in [5, 5.41) is 8.49. The molecule has 0 unspecified atom stereocenters. The number of hydrogen-bond acceptors (Lipinski definition) is 5. The normalized spacial score (nSPS) is 13.0. The van der Waals surface area contributed by atoms with Crippen LogP contribution in [0.15, 0.2) is 71.3 Å². The Kier molecular flexibility index (Phi) is 8.90. The molecule has 182 valence electrons. The van der Waals surface area contributed by atoms with Gasteiger partial charge in [0.15, 0.2) is 5.75 Å². The molecule has 0 saturated carbocycles. The number of nitrogens with one attached hydrogen (secondary N) is 1. The quantitative estimate of drug-likeness (QED) is 0.437. The first kappa shape index (κ1) is 25.5. The Labute approximate surface area is 202 Å². The van der Waals surface area contributed by atoms with Crippen LogP contribution in [0.1, 0.15) is 56.3 Å². The van der Waals surface area contributed by atoms with Gasteiger partial charge in [-0.25, -0.2) is 13.6 Å². The lowest BCUT2D eigenvalue weighted by molar-refractivity contribution is 0.0965. The molecule has 0 spiro atoms. The molecule has 0 aliphatic heterocycles. The van der Waals surface area contributed by atoms with Crippen LogP contribution < -0.4 is 20.1 Å². The Bertz CT molecular complexity index is 1150. The van der Waals surface area contributed by atoms with E-state index in [0.717, 1.165) is 31.4 Å². The molecule has 0 aromatic heterocycles. The number of unbranched alkanes of at least 4 members (excludes halogenated alkanes) is 2. The maximum atomic E-state index is 13.1. The molecule has 3 rings (SSSR count). The highest BCUT2D eigenvalue weighted by molar-refractivity contribution is 7.89. The van der Waals surface area contributed by atoms with Gasteiger partial charge in [0.25, 0.3) is 5.91 Å². The lowest BCUT2D eigenvalue weighted by Crippen LogP contribution is -2.28. The summed E-state index contributed by atoms with van der Waals surface area (Å²) in [6.07, 6.45) is 10.0. The number of hydrogen-bond donors (Lipinski definition) is 2. The monoisotopic (exact) mass is 483 g/mol. The number of allylic oxidation sites excluding steroid dienone is 3. The molecule has 34 heavy (non-hydrogen) atoms. The fraction of sp³-hybridized carbons (Fsp3) is 0.346. The van der Waals surface area contributed by atoms with Crippen LogP contribution in [-0.2, 0) is 10.0 Å². The van der Waals surface area contributed by atoms with E-state index in [2.05, 4.69) is 24.1 Å². The minimum absolute atomic E-state index is 0.138. The number of para-hydroxylation sites is 1. The van der Waals surface area contributed by atoms with Crippen molar-refractivity contribution in [2.75, 3.05) is 18.0 Å². The smallest absolute Gasteiger partial charge is 0.255 e. The zero-order chi connectivity index (χ0) is 24.6. The topological polar surface area (TPSA) is 102 Å². The van der Waals surface area contributed by atoms with Gasteiger partial charge in [-0.2, -0.15) is 0 Å². The maximum absolute atomic E-state index is 13.1. The lowest BCUT2D eigenvalue weighted by atomic mass is 10.1. The molecule has 0 saturated heterocycles. The van der Waals surface area contributed by atoms with E-state index in [4.69, 9.17) is 9.88 Å². The number of benzene rings is 2. The third-order valence-electron chi connectivity index (χ3n) is 5.52. The highest BCUT2D eigenvalue weighted by Gasteiger charge is 2.26. The second-order valence-electron chi connectivity index (χ2n) is 8.26. The summed E-state index contributed by atoms with van der Waals surface area (Å²) in [7, 11) is -4.19. The van der Waals surface area contributed by atoms with E-state index in [1.807, 2.05) is 36.4 Å². The average Bonchev–Trinajstić information content (AvgIpc) is 3.32. The molecule has 0 atom stereocenters. The lowest BCUT2D eigenvalue weighted by Gasteiger charge is -2.28. The van der Waals surface area contributed by atoms with E-state index in [0.29, 0.717) is 30.9 Å². The zero-order valence-corrected chi connectivity index (χ0v) is 20.6. The SMILES string of the molecule is CCCCN(CCCC)c1cc(C(=O)NC2=CC=CC2)cc(S(N)(=O)=O)c1Oc1ccccc1. The molecule has 8 heteroatoms. The van der Waals surface area contributed by atoms with Gasteiger partial charge in [0.2, 0.25) is 10.0 Å². The fourth-order valence-corrected chi connectivity index (χ4v) is 4.38. The second kappa shape index (κ2) is 11.9. The molecule has 3 N–H and O–H groups in total. The van der Waals surface area contributed by atoms with E-state index in [9.17, 15) is 13.2 Å². The number of anilines is 1. The van der Waals surface area contributed by atoms with E-state index < -0.39 is 15.9 Å². The summed E-state index contributed by atoms with van der Waals surface area (Å²) in [5.41, 5.74) is 1.51. The van der Waals surface area contributed by atoms with E-state index in [1.54, 1.807) is 18.2 Å². The predicted octanol–water partition coefficient (Wildman–Crippen LogP) is 5.11. The highest BCUT2D eigenvalue weighted by Crippen LogP contribution is 2.39. The zero-order valence-electron chi connectivity index (χ0n) is 19.8. The Morgan fingerprint density at radius 1 is 1.09 bits per heavy atom. The standard InChI is InChI=1S/C26H33N3O4S/c1-3-5-16-29(17-6-4-2)23-18-20(26(30)28-21-12-10-11-13-21)19-24(34(27,31)32)25(23)33-22-14-8-7-9-15-22/h7-12,14-15,18-19H,3-6,13,16-17H2,1-2H3,(H,28,30)(H2,27,31,32). The molecule has 0 bridgehead atoms. The van der Waals surface area contributed by atoms with Crippen LogP contribution in [0.4, 0.5) is 5.69 Å². The number of carbonyl (C=O) groups excluding carboxylic acids is 1. The van der Waals surface area contributed by atoms with Crippen LogP contribution in [0.2, 0.25) is 0 Å². The Morgan fingerprint density at radius 2 is 1.76 bits per heavy atom. The van der Waals surface area contributed by atoms with Crippen LogP contribution in [0.25, 0.3) is 0 Å². The third kappa shape index (κ3) is 6.71. The van der Waals surface area contributed by atoms with Crippen LogP contribution >= 0.6 is 0 Å². The first-order valence-corrected chi connectivity index (χ1v) is 13.2. The Hall–Kier alpha value is -3.10. The van der Waals surface area contributed by atoms with Crippen molar-refractivity contribution in [1.82, 2.24) is 5.32 Å². The van der Waals surface area contributed by atoms with Crippen LogP contribution in [0, 0.1) is 0 Å². The van der Waals surface area contributed by atoms with Crippen molar-refractivity contribution in [3.8, 4) is 11.5 Å². The minimum atomic E-state index is -4.19. The minimum Gasteiger partial charge on any atom is -0.454 e. The number of rotatable bonds is 12. The molecule has 0 radical (unpaired) electrons. The molecule has 2 aromatic rings. The first-order chi connectivity index (χ1) is 16.3. The van der Waals surface area contributed by atoms with Gasteiger partial charge in [-0.1, -0.05) is 57.0 Å². The number of sulfonamides is 1. The largest absolute Gasteiger partial charge is 0.454 e. The molecule has 1 aliphatic carbocycles. The van der Waals surface area contributed by atoms with Gasteiger partial charge in [-0.3, -0.25) is 4.79 Å². The van der Waals surface area contributed by atoms with Crippen molar-refractivity contribution in [3.05, 3.63) is 72.0 Å². The third-order valence-corrected chi connectivity index (χ3v) is 6.43. The van der Waals surface area contributed by atoms with Gasteiger partial charge in [0.05, 0.1) is 5.69 Å². The molecule has 1 aliphatic rings. The summed E-state index contributed by atoms with van der Waals surface area (Å²) in [6, 6.07) is 12.0. The van der Waals surface area contributed by atoms with Gasteiger partial charge in [-0.15, -0.1) is 0 Å². The fourth-order valence-electron chi connectivity index (χ4n) is 3.68. The second-order valence-corrected chi connectivity index (χ2v) is 9.79. The number of amides is 1. The van der Waals surface area contributed by atoms with Crippen LogP contribution in [-0.4, -0.2) is 27.4 Å². The molecule has 0 fully saturated rings. The average molecular weight is 484 g/mol. The van der Waals surface area contributed by atoms with Crippen molar-refractivity contribution in [3.63, 3.8) is 0 Å². The maximum Gasteiger partial charge on any atom is 0.255 e. The van der Waals surface area contributed by atoms with Gasteiger partial charge in [-0.05, 0) is 43.2 Å². The van der Waals surface area contributed by atoms with Crippen molar-refractivity contribution in [2.45, 2.75) is 50.8 Å². The predicted molar refractivity (Wildman–Crippen MR) is 136 cm³/mol. The number of primary sulfonamides is 1. The molecular weight excluding hydrogens is 450 g/mol. The molecule has 1 amide bonds. The molecular formula is C26H33N3O4S. The molecule has 0 heterocycles. The number of carbonyl (C=O) groups is 1. The molecule has 2 aromatic carbocycles. The van der Waals surface area contributed by atoms with E-state index in [-0.39, 0.29) is 16.2 Å². The van der Waals surface area contributed by atoms with Crippen LogP contribution in [0.3, 0.4) is 0 Å². The van der Waals surface area contributed by atoms with Crippen molar-refractivity contribution < 1.29 is 17.9 Å². The van der Waals surface area contributed by atoms with Crippen molar-refractivity contribution in [1.29, 1.82) is 0 Å². The van der Waals surface area contributed by atoms with Gasteiger partial charge in [0.1, 0.15) is 10.6 Å². The molecule has 7 nitrogen and oxygen atoms in total. The van der Waals surface area contributed by atoms with E-state index in [1.165, 1.54) is 6.07 Å². The van der Waals surface area contributed by atoms with Gasteiger partial charge >= 0.3 is 0 Å². The Balaban J connectivity index is 2.15. The summed E-state index contributed by atoms with van der Waals surface area (Å²) < 4.78 is 31.5. The van der Waals surface area contributed by atoms with Crippen molar-refractivity contribution >= 4 is 21.6 Å². The number of nitrogens with zero attached hydrogens (tertiary/aromatic N) is 1. The Morgan fingerprint density at radius 3 is 2.32 bits per heavy atom. The first-order valence-electron chi connectivity index (χ1n) is 11.7. The number of ether oxygens (including phenoxy) is 1. The van der Waals surface area contributed by atoms with Crippen LogP contribution in [0.5, 0.6) is 11.5 Å². The highest BCUT2D eigenvalue weighted by atomic mass is 32.2. The summed E-state index contributed by atoms with van der Waals surface area (Å²) in [4.78, 5) is 15.0. The number of nitrogens with two attached hydrogens (primary N) is 1. The summed E-state index contributed by atoms with van der Waals surface area (Å²) in [6.45, 7) is 5.60.